The average molecular weight is 373 g/mol. The van der Waals surface area contributed by atoms with Gasteiger partial charge in [0, 0.05) is 36.0 Å². The van der Waals surface area contributed by atoms with E-state index in [1.165, 1.54) is 11.1 Å². The summed E-state index contributed by atoms with van der Waals surface area (Å²) in [5.41, 5.74) is 2.59. The van der Waals surface area contributed by atoms with Gasteiger partial charge in [0.05, 0.1) is 0 Å². The fourth-order valence-electron chi connectivity index (χ4n) is 4.11. The lowest BCUT2D eigenvalue weighted by Crippen LogP contribution is -2.56. The fourth-order valence-corrected chi connectivity index (χ4v) is 4.11. The molecule has 0 spiro atoms. The Hall–Kier alpha value is -2.42. The van der Waals surface area contributed by atoms with E-state index in [0.29, 0.717) is 0 Å². The van der Waals surface area contributed by atoms with E-state index in [2.05, 4.69) is 110 Å². The van der Waals surface area contributed by atoms with Crippen LogP contribution in [0.25, 0.3) is 0 Å². The molecule has 2 N–H and O–H groups in total. The Kier molecular flexibility index (Phi) is 7.02. The van der Waals surface area contributed by atoms with Gasteiger partial charge in [-0.05, 0) is 25.0 Å². The zero-order valence-corrected chi connectivity index (χ0v) is 17.0. The van der Waals surface area contributed by atoms with Crippen molar-refractivity contribution in [1.29, 1.82) is 0 Å². The molecule has 0 saturated heterocycles. The van der Waals surface area contributed by atoms with Crippen LogP contribution in [0.1, 0.15) is 37.1 Å². The molecule has 0 fully saturated rings. The van der Waals surface area contributed by atoms with Gasteiger partial charge in [0.1, 0.15) is 0 Å². The largest absolute Gasteiger partial charge is 0.305 e. The van der Waals surface area contributed by atoms with Crippen LogP contribution >= 0.6 is 0 Å². The maximum Gasteiger partial charge on any atom is 0.0333 e. The molecule has 0 aromatic heterocycles. The van der Waals surface area contributed by atoms with Crippen molar-refractivity contribution >= 4 is 0 Å². The fraction of sp³-hybridized carbons (Fsp3) is 0.308. The van der Waals surface area contributed by atoms with Gasteiger partial charge in [0.15, 0.2) is 0 Å². The molecule has 0 saturated carbocycles. The Balaban J connectivity index is 1.84. The summed E-state index contributed by atoms with van der Waals surface area (Å²) in [6.07, 6.45) is 8.63. The van der Waals surface area contributed by atoms with Crippen molar-refractivity contribution in [2.24, 2.45) is 11.8 Å². The second-order valence-corrected chi connectivity index (χ2v) is 7.66. The third-order valence-corrected chi connectivity index (χ3v) is 5.80. The van der Waals surface area contributed by atoms with E-state index in [1.54, 1.807) is 0 Å². The van der Waals surface area contributed by atoms with Crippen molar-refractivity contribution in [3.8, 4) is 0 Å². The summed E-state index contributed by atoms with van der Waals surface area (Å²) < 4.78 is 0. The molecule has 146 valence electrons. The van der Waals surface area contributed by atoms with E-state index in [0.717, 1.165) is 0 Å². The lowest BCUT2D eigenvalue weighted by atomic mass is 9.78. The van der Waals surface area contributed by atoms with E-state index < -0.39 is 0 Å². The van der Waals surface area contributed by atoms with Gasteiger partial charge < -0.3 is 10.6 Å². The van der Waals surface area contributed by atoms with Crippen LogP contribution in [-0.2, 0) is 0 Å². The topological polar surface area (TPSA) is 24.1 Å². The van der Waals surface area contributed by atoms with Gasteiger partial charge in [0.25, 0.3) is 0 Å². The molecule has 1 aliphatic carbocycles. The first-order chi connectivity index (χ1) is 13.6. The van der Waals surface area contributed by atoms with Crippen molar-refractivity contribution in [2.75, 3.05) is 0 Å². The van der Waals surface area contributed by atoms with Gasteiger partial charge in [-0.25, -0.2) is 0 Å². The summed E-state index contributed by atoms with van der Waals surface area (Å²) in [4.78, 5) is 0. The van der Waals surface area contributed by atoms with Crippen LogP contribution in [0.15, 0.2) is 98.1 Å². The average Bonchev–Trinajstić information content (AvgIpc) is 2.75. The number of hydrogen-bond donors (Lipinski definition) is 2. The third kappa shape index (κ3) is 4.70. The smallest absolute Gasteiger partial charge is 0.0333 e. The highest BCUT2D eigenvalue weighted by Gasteiger charge is 2.35. The molecule has 0 unspecified atom stereocenters. The highest BCUT2D eigenvalue weighted by Crippen LogP contribution is 2.29. The van der Waals surface area contributed by atoms with Crippen LogP contribution in [-0.4, -0.2) is 12.1 Å². The molecule has 2 nitrogen and oxygen atoms in total. The SMILES string of the molecule is C=C[C@H]1C=C[C@H](C=C)[C@@H](N[C@@H](C)c2ccccc2)[C@@H]1N[C@@H](C)c1ccccc1. The van der Waals surface area contributed by atoms with Gasteiger partial charge in [-0.2, -0.15) is 0 Å². The predicted octanol–water partition coefficient (Wildman–Crippen LogP) is 5.60. The molecule has 3 rings (SSSR count). The van der Waals surface area contributed by atoms with Crippen LogP contribution in [0, 0.1) is 11.8 Å². The quantitative estimate of drug-likeness (QED) is 0.589. The molecule has 6 atom stereocenters. The number of rotatable bonds is 8. The normalized spacial score (nSPS) is 26.4. The summed E-state index contributed by atoms with van der Waals surface area (Å²) in [7, 11) is 0. The molecule has 0 amide bonds. The second kappa shape index (κ2) is 9.68. The number of nitrogens with one attached hydrogen (secondary N) is 2. The van der Waals surface area contributed by atoms with Crippen LogP contribution in [0.4, 0.5) is 0 Å². The molecule has 28 heavy (non-hydrogen) atoms. The maximum atomic E-state index is 4.09. The minimum absolute atomic E-state index is 0.229. The highest BCUT2D eigenvalue weighted by molar-refractivity contribution is 5.24. The second-order valence-electron chi connectivity index (χ2n) is 7.66. The molecule has 2 aromatic rings. The molecule has 0 aliphatic heterocycles. The summed E-state index contributed by atoms with van der Waals surface area (Å²) in [5, 5.41) is 7.75. The minimum atomic E-state index is 0.229. The Morgan fingerprint density at radius 1 is 0.679 bits per heavy atom. The summed E-state index contributed by atoms with van der Waals surface area (Å²) >= 11 is 0. The van der Waals surface area contributed by atoms with Gasteiger partial charge in [-0.3, -0.25) is 0 Å². The van der Waals surface area contributed by atoms with Crippen molar-refractivity contribution in [1.82, 2.24) is 10.6 Å². The van der Waals surface area contributed by atoms with Crippen molar-refractivity contribution in [3.05, 3.63) is 109 Å². The molecule has 0 radical (unpaired) electrons. The molecular weight excluding hydrogens is 340 g/mol. The van der Waals surface area contributed by atoms with E-state index >= 15 is 0 Å². The highest BCUT2D eigenvalue weighted by atomic mass is 15.1. The number of benzene rings is 2. The lowest BCUT2D eigenvalue weighted by Gasteiger charge is -2.42. The molecule has 0 bridgehead atoms. The third-order valence-electron chi connectivity index (χ3n) is 5.80. The first-order valence-electron chi connectivity index (χ1n) is 10.2. The summed E-state index contributed by atoms with van der Waals surface area (Å²) in [6, 6.07) is 22.2. The van der Waals surface area contributed by atoms with E-state index in [9.17, 15) is 0 Å². The zero-order chi connectivity index (χ0) is 19.9. The molecular formula is C26H32N2. The summed E-state index contributed by atoms with van der Waals surface area (Å²) in [6.45, 7) is 12.6. The van der Waals surface area contributed by atoms with Crippen LogP contribution < -0.4 is 10.6 Å². The molecule has 2 heteroatoms. The Bertz CT molecular complexity index is 713. The van der Waals surface area contributed by atoms with E-state index in [1.807, 2.05) is 12.2 Å². The standard InChI is InChI=1S/C26H32N2/c1-5-21-17-18-22(6-2)26(28-20(4)24-15-11-8-12-16-24)25(21)27-19(3)23-13-9-7-10-14-23/h5-22,25-28H,1-2H2,3-4H3/t19-,20-,21-,22-,25+,26+/m0/s1. The van der Waals surface area contributed by atoms with Crippen LogP contribution in [0.2, 0.25) is 0 Å². The number of hydrogen-bond acceptors (Lipinski definition) is 2. The molecule has 0 heterocycles. The van der Waals surface area contributed by atoms with Crippen LogP contribution in [0.3, 0.4) is 0 Å². The monoisotopic (exact) mass is 372 g/mol. The van der Waals surface area contributed by atoms with Crippen molar-refractivity contribution in [2.45, 2.75) is 38.0 Å². The predicted molar refractivity (Wildman–Crippen MR) is 120 cm³/mol. The first-order valence-corrected chi connectivity index (χ1v) is 10.2. The molecule has 1 aliphatic rings. The first kappa shape index (κ1) is 20.3. The minimum Gasteiger partial charge on any atom is -0.305 e. The summed E-state index contributed by atoms with van der Waals surface area (Å²) in [5.74, 6) is 0.533. The lowest BCUT2D eigenvalue weighted by molar-refractivity contribution is 0.256. The zero-order valence-electron chi connectivity index (χ0n) is 17.0. The van der Waals surface area contributed by atoms with Gasteiger partial charge in [-0.1, -0.05) is 85.0 Å². The van der Waals surface area contributed by atoms with Crippen molar-refractivity contribution < 1.29 is 0 Å². The Morgan fingerprint density at radius 2 is 1.04 bits per heavy atom. The van der Waals surface area contributed by atoms with Gasteiger partial charge in [-0.15, -0.1) is 13.2 Å². The Labute approximate surface area is 170 Å². The van der Waals surface area contributed by atoms with Gasteiger partial charge >= 0.3 is 0 Å². The van der Waals surface area contributed by atoms with Gasteiger partial charge in [0.2, 0.25) is 0 Å². The van der Waals surface area contributed by atoms with E-state index in [4.69, 9.17) is 0 Å². The van der Waals surface area contributed by atoms with E-state index in [-0.39, 0.29) is 36.0 Å². The molecule has 2 aromatic carbocycles. The maximum absolute atomic E-state index is 4.09. The van der Waals surface area contributed by atoms with Crippen LogP contribution in [0.5, 0.6) is 0 Å². The Morgan fingerprint density at radius 3 is 1.36 bits per heavy atom. The van der Waals surface area contributed by atoms with Crippen molar-refractivity contribution in [3.63, 3.8) is 0 Å².